The largest absolute Gasteiger partial charge is 0.324 e. The van der Waals surface area contributed by atoms with Crippen LogP contribution in [-0.4, -0.2) is 16.9 Å². The van der Waals surface area contributed by atoms with Gasteiger partial charge >= 0.3 is 0 Å². The molecule has 17 heavy (non-hydrogen) atoms. The second-order valence-electron chi connectivity index (χ2n) is 3.43. The summed E-state index contributed by atoms with van der Waals surface area (Å²) in [6.45, 7) is 3.48. The molecular weight excluding hydrogens is 222 g/mol. The van der Waals surface area contributed by atoms with Gasteiger partial charge in [-0.25, -0.2) is 0 Å². The number of nitro groups is 1. The van der Waals surface area contributed by atoms with E-state index in [4.69, 9.17) is 5.73 Å². The van der Waals surface area contributed by atoms with Crippen LogP contribution in [0.3, 0.4) is 0 Å². The predicted octanol–water partition coefficient (Wildman–Crippen LogP) is 1.44. The van der Waals surface area contributed by atoms with Crippen molar-refractivity contribution in [3.05, 3.63) is 47.0 Å². The minimum atomic E-state index is -0.702. The normalized spacial score (nSPS) is 11.6. The highest BCUT2D eigenvalue weighted by atomic mass is 16.6. The Morgan fingerprint density at radius 1 is 1.65 bits per heavy atom. The maximum atomic E-state index is 11.5. The van der Waals surface area contributed by atoms with Crippen LogP contribution in [0.2, 0.25) is 0 Å². The molecule has 0 aliphatic heterocycles. The Morgan fingerprint density at radius 2 is 2.35 bits per heavy atom. The smallest absolute Gasteiger partial charge is 0.271 e. The Labute approximate surface area is 98.3 Å². The van der Waals surface area contributed by atoms with Crippen molar-refractivity contribution in [2.24, 2.45) is 5.73 Å². The van der Waals surface area contributed by atoms with Crippen molar-refractivity contribution in [2.75, 3.05) is 5.32 Å². The highest BCUT2D eigenvalue weighted by Crippen LogP contribution is 2.17. The monoisotopic (exact) mass is 235 g/mol. The second-order valence-corrected chi connectivity index (χ2v) is 3.43. The molecule has 1 amide bonds. The minimum absolute atomic E-state index is 0.0832. The van der Waals surface area contributed by atoms with Crippen molar-refractivity contribution >= 4 is 17.3 Å². The van der Waals surface area contributed by atoms with Crippen molar-refractivity contribution in [3.8, 4) is 0 Å². The zero-order valence-corrected chi connectivity index (χ0v) is 9.13. The summed E-state index contributed by atoms with van der Waals surface area (Å²) in [6.07, 6.45) is 1.89. The molecule has 0 saturated carbocycles. The van der Waals surface area contributed by atoms with Gasteiger partial charge < -0.3 is 11.1 Å². The molecule has 1 unspecified atom stereocenters. The van der Waals surface area contributed by atoms with E-state index in [1.165, 1.54) is 24.3 Å². The average molecular weight is 235 g/mol. The summed E-state index contributed by atoms with van der Waals surface area (Å²) in [5.74, 6) is -0.398. The third-order valence-corrected chi connectivity index (χ3v) is 2.08. The maximum Gasteiger partial charge on any atom is 0.271 e. The number of nitrogens with zero attached hydrogens (tertiary/aromatic N) is 1. The molecule has 0 radical (unpaired) electrons. The number of hydrogen-bond donors (Lipinski definition) is 2. The lowest BCUT2D eigenvalue weighted by atomic mass is 10.2. The van der Waals surface area contributed by atoms with Gasteiger partial charge in [0, 0.05) is 17.8 Å². The van der Waals surface area contributed by atoms with Gasteiger partial charge in [-0.2, -0.15) is 0 Å². The molecule has 1 atom stereocenters. The van der Waals surface area contributed by atoms with Crippen LogP contribution < -0.4 is 11.1 Å². The van der Waals surface area contributed by atoms with E-state index in [0.29, 0.717) is 12.1 Å². The molecule has 0 spiro atoms. The Bertz CT molecular complexity index is 445. The van der Waals surface area contributed by atoms with Gasteiger partial charge in [0.15, 0.2) is 0 Å². The number of amides is 1. The first kappa shape index (κ1) is 12.9. The lowest BCUT2D eigenvalue weighted by Crippen LogP contribution is -2.35. The van der Waals surface area contributed by atoms with Gasteiger partial charge in [-0.05, 0) is 12.5 Å². The number of carbonyl (C=O) groups excluding carboxylic acids is 1. The highest BCUT2D eigenvalue weighted by molar-refractivity contribution is 5.95. The fraction of sp³-hybridized carbons (Fsp3) is 0.182. The van der Waals surface area contributed by atoms with E-state index < -0.39 is 16.9 Å². The number of nitrogens with two attached hydrogens (primary N) is 1. The van der Waals surface area contributed by atoms with E-state index in [1.807, 2.05) is 0 Å². The number of nitrogens with one attached hydrogen (secondary N) is 1. The van der Waals surface area contributed by atoms with E-state index in [-0.39, 0.29) is 5.69 Å². The van der Waals surface area contributed by atoms with E-state index in [0.717, 1.165) is 0 Å². The molecule has 3 N–H and O–H groups in total. The molecule has 0 saturated heterocycles. The van der Waals surface area contributed by atoms with E-state index in [2.05, 4.69) is 11.9 Å². The molecule has 6 nitrogen and oxygen atoms in total. The van der Waals surface area contributed by atoms with Crippen LogP contribution in [0.4, 0.5) is 11.4 Å². The molecule has 90 valence electrons. The SMILES string of the molecule is C=CCC(N)C(=O)Nc1cccc([N+](=O)[O-])c1. The fourth-order valence-electron chi connectivity index (χ4n) is 1.22. The third kappa shape index (κ3) is 3.69. The Hall–Kier alpha value is -2.21. The van der Waals surface area contributed by atoms with Crippen LogP contribution in [0.25, 0.3) is 0 Å². The van der Waals surface area contributed by atoms with Crippen molar-refractivity contribution < 1.29 is 9.72 Å². The minimum Gasteiger partial charge on any atom is -0.324 e. The first-order valence-corrected chi connectivity index (χ1v) is 4.96. The number of rotatable bonds is 5. The molecule has 0 bridgehead atoms. The van der Waals surface area contributed by atoms with Crippen LogP contribution in [0, 0.1) is 10.1 Å². The molecule has 6 heteroatoms. The Morgan fingerprint density at radius 3 is 2.94 bits per heavy atom. The zero-order valence-electron chi connectivity index (χ0n) is 9.13. The van der Waals surface area contributed by atoms with Gasteiger partial charge in [0.2, 0.25) is 5.91 Å². The van der Waals surface area contributed by atoms with Crippen molar-refractivity contribution in [3.63, 3.8) is 0 Å². The quantitative estimate of drug-likeness (QED) is 0.458. The lowest BCUT2D eigenvalue weighted by Gasteiger charge is -2.09. The van der Waals surface area contributed by atoms with Gasteiger partial charge in [-0.15, -0.1) is 6.58 Å². The lowest BCUT2D eigenvalue weighted by molar-refractivity contribution is -0.384. The van der Waals surface area contributed by atoms with Crippen LogP contribution in [0.5, 0.6) is 0 Å². The fourth-order valence-corrected chi connectivity index (χ4v) is 1.22. The van der Waals surface area contributed by atoms with Gasteiger partial charge in [0.05, 0.1) is 11.0 Å². The molecule has 1 aromatic carbocycles. The van der Waals surface area contributed by atoms with Crippen LogP contribution >= 0.6 is 0 Å². The van der Waals surface area contributed by atoms with Gasteiger partial charge in [-0.1, -0.05) is 12.1 Å². The van der Waals surface area contributed by atoms with E-state index >= 15 is 0 Å². The summed E-state index contributed by atoms with van der Waals surface area (Å²) in [4.78, 5) is 21.5. The highest BCUT2D eigenvalue weighted by Gasteiger charge is 2.13. The van der Waals surface area contributed by atoms with Crippen molar-refractivity contribution in [1.29, 1.82) is 0 Å². The first-order chi connectivity index (χ1) is 8.04. The van der Waals surface area contributed by atoms with Crippen molar-refractivity contribution in [2.45, 2.75) is 12.5 Å². The third-order valence-electron chi connectivity index (χ3n) is 2.08. The Balaban J connectivity index is 2.74. The van der Waals surface area contributed by atoms with Crippen LogP contribution in [0.1, 0.15) is 6.42 Å². The average Bonchev–Trinajstić information content (AvgIpc) is 2.29. The molecular formula is C11H13N3O3. The maximum absolute atomic E-state index is 11.5. The summed E-state index contributed by atoms with van der Waals surface area (Å²) >= 11 is 0. The predicted molar refractivity (Wildman–Crippen MR) is 64.5 cm³/mol. The van der Waals surface area contributed by atoms with Gasteiger partial charge in [0.1, 0.15) is 0 Å². The van der Waals surface area contributed by atoms with Gasteiger partial charge in [-0.3, -0.25) is 14.9 Å². The number of benzene rings is 1. The van der Waals surface area contributed by atoms with Gasteiger partial charge in [0.25, 0.3) is 5.69 Å². The second kappa shape index (κ2) is 5.76. The Kier molecular flexibility index (Phi) is 4.36. The van der Waals surface area contributed by atoms with Crippen molar-refractivity contribution in [1.82, 2.24) is 0 Å². The number of anilines is 1. The number of nitro benzene ring substituents is 1. The first-order valence-electron chi connectivity index (χ1n) is 4.96. The summed E-state index contributed by atoms with van der Waals surface area (Å²) in [7, 11) is 0. The summed E-state index contributed by atoms with van der Waals surface area (Å²) < 4.78 is 0. The molecule has 0 aromatic heterocycles. The van der Waals surface area contributed by atoms with E-state index in [9.17, 15) is 14.9 Å². The number of hydrogen-bond acceptors (Lipinski definition) is 4. The summed E-state index contributed by atoms with van der Waals surface area (Å²) in [6, 6.07) is 4.97. The molecule has 0 heterocycles. The number of carbonyl (C=O) groups is 1. The molecule has 1 aromatic rings. The molecule has 1 rings (SSSR count). The topological polar surface area (TPSA) is 98.3 Å². The molecule has 0 fully saturated rings. The summed E-state index contributed by atoms with van der Waals surface area (Å²) in [5.41, 5.74) is 5.82. The standard InChI is InChI=1S/C11H13N3O3/c1-2-4-10(12)11(15)13-8-5-3-6-9(7-8)14(16)17/h2-3,5-7,10H,1,4,12H2,(H,13,15). The number of non-ortho nitro benzene ring substituents is 1. The summed E-state index contributed by atoms with van der Waals surface area (Å²) in [5, 5.41) is 13.0. The zero-order chi connectivity index (χ0) is 12.8. The van der Waals surface area contributed by atoms with Crippen LogP contribution in [-0.2, 0) is 4.79 Å². The molecule has 0 aliphatic rings. The van der Waals surface area contributed by atoms with Crippen LogP contribution in [0.15, 0.2) is 36.9 Å². The molecule has 0 aliphatic carbocycles. The van der Waals surface area contributed by atoms with E-state index in [1.54, 1.807) is 6.07 Å².